The molecule has 3 rings (SSSR count). The van der Waals surface area contributed by atoms with Crippen LogP contribution in [0.2, 0.25) is 5.02 Å². The molecule has 0 aliphatic rings. The molecule has 136 valence electrons. The molecule has 0 saturated heterocycles. The SMILES string of the molecule is Cn1c(CS(=O)(=O)c2ccc(Cl)cc2)nnc1SCc1ccc(F)cc1. The van der Waals surface area contributed by atoms with Crippen molar-refractivity contribution < 1.29 is 12.8 Å². The van der Waals surface area contributed by atoms with Gasteiger partial charge in [0.1, 0.15) is 17.4 Å². The second-order valence-corrected chi connectivity index (χ2v) is 8.95. The molecule has 0 spiro atoms. The Labute approximate surface area is 160 Å². The summed E-state index contributed by atoms with van der Waals surface area (Å²) in [5.41, 5.74) is 0.940. The molecule has 0 radical (unpaired) electrons. The van der Waals surface area contributed by atoms with Gasteiger partial charge in [0.2, 0.25) is 0 Å². The van der Waals surface area contributed by atoms with E-state index < -0.39 is 9.84 Å². The number of rotatable bonds is 6. The molecule has 0 aliphatic heterocycles. The monoisotopic (exact) mass is 411 g/mol. The third kappa shape index (κ3) is 4.44. The predicted octanol–water partition coefficient (Wildman–Crippen LogP) is 3.87. The highest BCUT2D eigenvalue weighted by atomic mass is 35.5. The molecule has 0 unspecified atom stereocenters. The zero-order valence-corrected chi connectivity index (χ0v) is 16.2. The van der Waals surface area contributed by atoms with Crippen LogP contribution in [0.1, 0.15) is 11.4 Å². The smallest absolute Gasteiger partial charge is 0.191 e. The highest BCUT2D eigenvalue weighted by Crippen LogP contribution is 2.23. The molecule has 0 fully saturated rings. The number of benzene rings is 2. The van der Waals surface area contributed by atoms with Crippen molar-refractivity contribution in [3.05, 3.63) is 70.8 Å². The topological polar surface area (TPSA) is 64.8 Å². The van der Waals surface area contributed by atoms with Crippen molar-refractivity contribution in [3.63, 3.8) is 0 Å². The molecule has 0 aliphatic carbocycles. The molecule has 5 nitrogen and oxygen atoms in total. The van der Waals surface area contributed by atoms with Crippen molar-refractivity contribution in [2.45, 2.75) is 21.6 Å². The molecule has 3 aromatic rings. The van der Waals surface area contributed by atoms with Gasteiger partial charge in [0, 0.05) is 17.8 Å². The molecule has 0 N–H and O–H groups in total. The fourth-order valence-corrected chi connectivity index (χ4v) is 4.54. The van der Waals surface area contributed by atoms with E-state index in [1.165, 1.54) is 48.2 Å². The first-order chi connectivity index (χ1) is 12.3. The van der Waals surface area contributed by atoms with Gasteiger partial charge in [-0.3, -0.25) is 0 Å². The van der Waals surface area contributed by atoms with Crippen LogP contribution in [0.5, 0.6) is 0 Å². The van der Waals surface area contributed by atoms with Gasteiger partial charge in [0.25, 0.3) is 0 Å². The van der Waals surface area contributed by atoms with E-state index in [4.69, 9.17) is 11.6 Å². The summed E-state index contributed by atoms with van der Waals surface area (Å²) in [6.07, 6.45) is 0. The first-order valence-electron chi connectivity index (χ1n) is 7.59. The lowest BCUT2D eigenvalue weighted by Crippen LogP contribution is -2.09. The number of thioether (sulfide) groups is 1. The van der Waals surface area contributed by atoms with Crippen molar-refractivity contribution in [1.29, 1.82) is 0 Å². The van der Waals surface area contributed by atoms with E-state index in [0.717, 1.165) is 5.56 Å². The Balaban J connectivity index is 1.72. The largest absolute Gasteiger partial charge is 0.308 e. The molecule has 1 aromatic heterocycles. The summed E-state index contributed by atoms with van der Waals surface area (Å²) in [6, 6.07) is 12.2. The minimum absolute atomic E-state index is 0.186. The number of halogens is 2. The summed E-state index contributed by atoms with van der Waals surface area (Å²) in [4.78, 5) is 0.186. The normalized spacial score (nSPS) is 11.7. The van der Waals surface area contributed by atoms with Gasteiger partial charge in [-0.15, -0.1) is 10.2 Å². The summed E-state index contributed by atoms with van der Waals surface area (Å²) < 4.78 is 39.6. The van der Waals surface area contributed by atoms with Gasteiger partial charge in [0.05, 0.1) is 4.90 Å². The standard InChI is InChI=1S/C17H15ClFN3O2S2/c1-22-16(11-26(23,24)15-8-4-13(18)5-9-15)20-21-17(22)25-10-12-2-6-14(19)7-3-12/h2-9H,10-11H2,1H3. The van der Waals surface area contributed by atoms with E-state index >= 15 is 0 Å². The Morgan fingerprint density at radius 1 is 1.08 bits per heavy atom. The highest BCUT2D eigenvalue weighted by molar-refractivity contribution is 7.98. The molecule has 0 bridgehead atoms. The van der Waals surface area contributed by atoms with E-state index in [-0.39, 0.29) is 16.5 Å². The molecule has 0 amide bonds. The van der Waals surface area contributed by atoms with Gasteiger partial charge in [0.15, 0.2) is 15.0 Å². The molecule has 2 aromatic carbocycles. The summed E-state index contributed by atoms with van der Waals surface area (Å²) in [5, 5.41) is 9.12. The fraction of sp³-hybridized carbons (Fsp3) is 0.176. The Morgan fingerprint density at radius 3 is 2.38 bits per heavy atom. The average Bonchev–Trinajstić information content (AvgIpc) is 2.94. The van der Waals surface area contributed by atoms with Crippen molar-refractivity contribution >= 4 is 33.2 Å². The van der Waals surface area contributed by atoms with Crippen LogP contribution >= 0.6 is 23.4 Å². The summed E-state index contributed by atoms with van der Waals surface area (Å²) >= 11 is 7.20. The molecular formula is C17H15ClFN3O2S2. The van der Waals surface area contributed by atoms with E-state index in [1.54, 1.807) is 23.7 Å². The first kappa shape index (κ1) is 18.9. The quantitative estimate of drug-likeness (QED) is 0.576. The molecular weight excluding hydrogens is 397 g/mol. The van der Waals surface area contributed by atoms with Crippen LogP contribution in [0.25, 0.3) is 0 Å². The number of aromatic nitrogens is 3. The lowest BCUT2D eigenvalue weighted by molar-refractivity contribution is 0.591. The van der Waals surface area contributed by atoms with Crippen LogP contribution in [-0.4, -0.2) is 23.2 Å². The average molecular weight is 412 g/mol. The lowest BCUT2D eigenvalue weighted by atomic mass is 10.2. The fourth-order valence-electron chi connectivity index (χ4n) is 2.22. The first-order valence-corrected chi connectivity index (χ1v) is 10.6. The molecule has 9 heteroatoms. The molecule has 0 atom stereocenters. The van der Waals surface area contributed by atoms with Gasteiger partial charge in [-0.25, -0.2) is 12.8 Å². The third-order valence-electron chi connectivity index (χ3n) is 3.70. The van der Waals surface area contributed by atoms with Gasteiger partial charge in [-0.1, -0.05) is 35.5 Å². The summed E-state index contributed by atoms with van der Waals surface area (Å²) in [7, 11) is -1.82. The van der Waals surface area contributed by atoms with Gasteiger partial charge in [-0.2, -0.15) is 0 Å². The second-order valence-electron chi connectivity index (χ2n) is 5.59. The minimum atomic E-state index is -3.54. The van der Waals surface area contributed by atoms with Crippen molar-refractivity contribution in [3.8, 4) is 0 Å². The lowest BCUT2D eigenvalue weighted by Gasteiger charge is -2.06. The predicted molar refractivity (Wildman–Crippen MR) is 99.3 cm³/mol. The van der Waals surface area contributed by atoms with Crippen molar-refractivity contribution in [2.75, 3.05) is 0 Å². The Hall–Kier alpha value is -1.90. The molecule has 26 heavy (non-hydrogen) atoms. The second kappa shape index (κ2) is 7.77. The van der Waals surface area contributed by atoms with Gasteiger partial charge >= 0.3 is 0 Å². The highest BCUT2D eigenvalue weighted by Gasteiger charge is 2.20. The maximum Gasteiger partial charge on any atom is 0.191 e. The van der Waals surface area contributed by atoms with E-state index in [9.17, 15) is 12.8 Å². The number of sulfone groups is 1. The van der Waals surface area contributed by atoms with Crippen LogP contribution in [0.4, 0.5) is 4.39 Å². The van der Waals surface area contributed by atoms with E-state index in [0.29, 0.717) is 21.8 Å². The third-order valence-corrected chi connectivity index (χ3v) is 6.67. The maximum atomic E-state index is 12.9. The Bertz CT molecular complexity index is 1000. The minimum Gasteiger partial charge on any atom is -0.308 e. The van der Waals surface area contributed by atoms with Crippen LogP contribution in [0.15, 0.2) is 58.6 Å². The van der Waals surface area contributed by atoms with Crippen LogP contribution in [0.3, 0.4) is 0 Å². The van der Waals surface area contributed by atoms with Crippen LogP contribution < -0.4 is 0 Å². The van der Waals surface area contributed by atoms with E-state index in [2.05, 4.69) is 10.2 Å². The summed E-state index contributed by atoms with van der Waals surface area (Å²) in [5.74, 6) is 0.388. The van der Waals surface area contributed by atoms with Crippen molar-refractivity contribution in [1.82, 2.24) is 14.8 Å². The number of nitrogens with zero attached hydrogens (tertiary/aromatic N) is 3. The van der Waals surface area contributed by atoms with Crippen LogP contribution in [-0.2, 0) is 28.4 Å². The Kier molecular flexibility index (Phi) is 5.64. The number of hydrogen-bond donors (Lipinski definition) is 0. The van der Waals surface area contributed by atoms with Gasteiger partial charge < -0.3 is 4.57 Å². The summed E-state index contributed by atoms with van der Waals surface area (Å²) in [6.45, 7) is 0. The zero-order valence-electron chi connectivity index (χ0n) is 13.8. The van der Waals surface area contributed by atoms with Gasteiger partial charge in [-0.05, 0) is 42.0 Å². The van der Waals surface area contributed by atoms with Crippen molar-refractivity contribution in [2.24, 2.45) is 7.05 Å². The molecule has 1 heterocycles. The van der Waals surface area contributed by atoms with E-state index in [1.807, 2.05) is 0 Å². The maximum absolute atomic E-state index is 12.9. The zero-order chi connectivity index (χ0) is 18.7. The van der Waals surface area contributed by atoms with Crippen LogP contribution in [0, 0.1) is 5.82 Å². The molecule has 0 saturated carbocycles. The Morgan fingerprint density at radius 2 is 1.73 bits per heavy atom. The number of hydrogen-bond acceptors (Lipinski definition) is 5.